The minimum atomic E-state index is -0.0651. The molecule has 8 aromatic carbocycles. The van der Waals surface area contributed by atoms with Gasteiger partial charge in [0.15, 0.2) is 17.5 Å². The molecule has 1 aromatic heterocycles. The van der Waals surface area contributed by atoms with Crippen LogP contribution in [0.25, 0.3) is 83.2 Å². The molecule has 4 nitrogen and oxygen atoms in total. The van der Waals surface area contributed by atoms with Crippen molar-refractivity contribution in [3.8, 4) is 51.0 Å². The van der Waals surface area contributed by atoms with Crippen molar-refractivity contribution in [3.63, 3.8) is 0 Å². The van der Waals surface area contributed by atoms with E-state index in [1.807, 2.05) is 6.07 Å². The van der Waals surface area contributed by atoms with Crippen molar-refractivity contribution < 1.29 is 4.74 Å². The van der Waals surface area contributed by atoms with Crippen molar-refractivity contribution in [1.82, 2.24) is 15.0 Å². The predicted molar refractivity (Wildman–Crippen MR) is 225 cm³/mol. The van der Waals surface area contributed by atoms with Gasteiger partial charge in [0.2, 0.25) is 0 Å². The molecular formula is C51H33N3O. The summed E-state index contributed by atoms with van der Waals surface area (Å²) in [7, 11) is 0. The molecule has 0 fully saturated rings. The lowest BCUT2D eigenvalue weighted by atomic mass is 9.80. The molecule has 0 N–H and O–H groups in total. The number of ether oxygens (including phenoxy) is 1. The summed E-state index contributed by atoms with van der Waals surface area (Å²) in [6.07, 6.45) is 6.41. The van der Waals surface area contributed by atoms with Crippen molar-refractivity contribution in [3.05, 3.63) is 199 Å². The van der Waals surface area contributed by atoms with Crippen LogP contribution < -0.4 is 4.74 Å². The SMILES string of the molecule is C1=CC2Oc3ccccc3C2C(c2ccccc2-c2nc(-c3ccc(-c4ccc5ccccc5c4)cc3)nc(-c3ccc4c(ccc5ccccc54)c3)n2)=C1. The molecule has 55 heavy (non-hydrogen) atoms. The Labute approximate surface area is 318 Å². The van der Waals surface area contributed by atoms with Gasteiger partial charge in [-0.25, -0.2) is 15.0 Å². The minimum Gasteiger partial charge on any atom is -0.485 e. The standard InChI is InChI=1S/C51H33N3O/c1-2-12-36-30-37(26-22-32(36)10-1)33-20-24-35(25-21-33)49-52-50(39-28-29-41-38(31-39)27-23-34-11-3-4-13-40(34)41)54-51(53-49)44-15-6-5-14-42(44)43-17-9-19-47-48(43)45-16-7-8-18-46(45)55-47/h1-31,47-48H. The van der Waals surface area contributed by atoms with Crippen LogP contribution in [0.3, 0.4) is 0 Å². The average molecular weight is 704 g/mol. The summed E-state index contributed by atoms with van der Waals surface area (Å²) in [5.74, 6) is 2.90. The number of fused-ring (bicyclic) bond motifs is 7. The molecule has 4 heteroatoms. The summed E-state index contributed by atoms with van der Waals surface area (Å²) >= 11 is 0. The molecule has 1 aliphatic carbocycles. The predicted octanol–water partition coefficient (Wildman–Crippen LogP) is 12.5. The second kappa shape index (κ2) is 12.8. The van der Waals surface area contributed by atoms with Crippen LogP contribution in [0.4, 0.5) is 0 Å². The third-order valence-corrected chi connectivity index (χ3v) is 11.1. The van der Waals surface area contributed by atoms with E-state index in [1.54, 1.807) is 0 Å². The van der Waals surface area contributed by atoms with Crippen LogP contribution in [0.5, 0.6) is 5.75 Å². The highest BCUT2D eigenvalue weighted by Crippen LogP contribution is 2.49. The number of allylic oxidation sites excluding steroid dienone is 2. The monoisotopic (exact) mass is 703 g/mol. The van der Waals surface area contributed by atoms with E-state index < -0.39 is 0 Å². The van der Waals surface area contributed by atoms with E-state index in [4.69, 9.17) is 19.7 Å². The highest BCUT2D eigenvalue weighted by molar-refractivity contribution is 6.08. The fourth-order valence-electron chi connectivity index (χ4n) is 8.38. The Balaban J connectivity index is 1.06. The first-order chi connectivity index (χ1) is 27.2. The van der Waals surface area contributed by atoms with E-state index in [9.17, 15) is 0 Å². The quantitative estimate of drug-likeness (QED) is 0.167. The maximum atomic E-state index is 6.42. The van der Waals surface area contributed by atoms with E-state index in [1.165, 1.54) is 43.6 Å². The van der Waals surface area contributed by atoms with E-state index >= 15 is 0 Å². The third kappa shape index (κ3) is 5.42. The summed E-state index contributed by atoms with van der Waals surface area (Å²) in [5.41, 5.74) is 8.61. The number of rotatable bonds is 5. The third-order valence-electron chi connectivity index (χ3n) is 11.1. The average Bonchev–Trinajstić information content (AvgIpc) is 3.65. The molecule has 2 aliphatic rings. The van der Waals surface area contributed by atoms with Crippen LogP contribution in [0.15, 0.2) is 188 Å². The zero-order valence-corrected chi connectivity index (χ0v) is 29.8. The molecule has 0 spiro atoms. The maximum Gasteiger partial charge on any atom is 0.164 e. The Morgan fingerprint density at radius 1 is 0.418 bits per heavy atom. The largest absolute Gasteiger partial charge is 0.485 e. The van der Waals surface area contributed by atoms with Gasteiger partial charge in [-0.1, -0.05) is 164 Å². The molecule has 9 aromatic rings. The van der Waals surface area contributed by atoms with E-state index in [2.05, 4.69) is 182 Å². The lowest BCUT2D eigenvalue weighted by Gasteiger charge is -2.24. The zero-order chi connectivity index (χ0) is 36.3. The van der Waals surface area contributed by atoms with Crippen LogP contribution in [-0.2, 0) is 0 Å². The van der Waals surface area contributed by atoms with Crippen LogP contribution in [0.2, 0.25) is 0 Å². The number of benzene rings is 8. The van der Waals surface area contributed by atoms with E-state index in [0.29, 0.717) is 17.5 Å². The summed E-state index contributed by atoms with van der Waals surface area (Å²) in [4.78, 5) is 15.7. The van der Waals surface area contributed by atoms with Gasteiger partial charge < -0.3 is 4.74 Å². The normalized spacial score (nSPS) is 15.8. The topological polar surface area (TPSA) is 47.9 Å². The van der Waals surface area contributed by atoms with Crippen molar-refractivity contribution in [2.45, 2.75) is 12.0 Å². The molecule has 2 heterocycles. The van der Waals surface area contributed by atoms with Gasteiger partial charge >= 0.3 is 0 Å². The maximum absolute atomic E-state index is 6.42. The molecule has 2 atom stereocenters. The van der Waals surface area contributed by atoms with Crippen LogP contribution in [0, 0.1) is 0 Å². The smallest absolute Gasteiger partial charge is 0.164 e. The van der Waals surface area contributed by atoms with Crippen molar-refractivity contribution in [1.29, 1.82) is 0 Å². The summed E-state index contributed by atoms with van der Waals surface area (Å²) in [6.45, 7) is 0. The minimum absolute atomic E-state index is 0.0651. The molecule has 258 valence electrons. The molecule has 11 rings (SSSR count). The van der Waals surface area contributed by atoms with E-state index in [-0.39, 0.29) is 12.0 Å². The molecule has 0 bridgehead atoms. The van der Waals surface area contributed by atoms with Crippen LogP contribution in [0.1, 0.15) is 17.0 Å². The fourth-order valence-corrected chi connectivity index (χ4v) is 8.38. The molecular weight excluding hydrogens is 671 g/mol. The first kappa shape index (κ1) is 31.4. The number of nitrogens with zero attached hydrogens (tertiary/aromatic N) is 3. The Hall–Kier alpha value is -7.17. The highest BCUT2D eigenvalue weighted by Gasteiger charge is 2.37. The lowest BCUT2D eigenvalue weighted by molar-refractivity contribution is 0.271. The molecule has 1 aliphatic heterocycles. The second-order valence-corrected chi connectivity index (χ2v) is 14.3. The van der Waals surface area contributed by atoms with Gasteiger partial charge in [0.25, 0.3) is 0 Å². The van der Waals surface area contributed by atoms with Gasteiger partial charge in [-0.3, -0.25) is 0 Å². The van der Waals surface area contributed by atoms with Gasteiger partial charge in [0.1, 0.15) is 11.9 Å². The van der Waals surface area contributed by atoms with Crippen molar-refractivity contribution in [2.24, 2.45) is 0 Å². The number of hydrogen-bond acceptors (Lipinski definition) is 4. The Morgan fingerprint density at radius 2 is 1.02 bits per heavy atom. The van der Waals surface area contributed by atoms with Gasteiger partial charge in [0, 0.05) is 22.3 Å². The summed E-state index contributed by atoms with van der Waals surface area (Å²) in [6, 6.07) is 59.9. The summed E-state index contributed by atoms with van der Waals surface area (Å²) < 4.78 is 6.42. The lowest BCUT2D eigenvalue weighted by Crippen LogP contribution is -2.19. The van der Waals surface area contributed by atoms with Crippen LogP contribution in [-0.4, -0.2) is 21.1 Å². The fraction of sp³-hybridized carbons (Fsp3) is 0.0392. The zero-order valence-electron chi connectivity index (χ0n) is 29.8. The Morgan fingerprint density at radius 3 is 1.91 bits per heavy atom. The van der Waals surface area contributed by atoms with Gasteiger partial charge in [-0.15, -0.1) is 0 Å². The number of hydrogen-bond donors (Lipinski definition) is 0. The highest BCUT2D eigenvalue weighted by atomic mass is 16.5. The second-order valence-electron chi connectivity index (χ2n) is 14.3. The summed E-state index contributed by atoms with van der Waals surface area (Å²) in [5, 5.41) is 7.26. The Kier molecular flexibility index (Phi) is 7.27. The number of aromatic nitrogens is 3. The van der Waals surface area contributed by atoms with Gasteiger partial charge in [-0.2, -0.15) is 0 Å². The van der Waals surface area contributed by atoms with Crippen LogP contribution >= 0.6 is 0 Å². The molecule has 0 saturated heterocycles. The first-order valence-corrected chi connectivity index (χ1v) is 18.7. The molecule has 0 radical (unpaired) electrons. The molecule has 0 saturated carbocycles. The van der Waals surface area contributed by atoms with E-state index in [0.717, 1.165) is 39.0 Å². The van der Waals surface area contributed by atoms with Gasteiger partial charge in [-0.05, 0) is 78.9 Å². The first-order valence-electron chi connectivity index (χ1n) is 18.7. The Bertz CT molecular complexity index is 3030. The molecule has 0 amide bonds. The van der Waals surface area contributed by atoms with Crippen molar-refractivity contribution in [2.75, 3.05) is 0 Å². The van der Waals surface area contributed by atoms with Crippen molar-refractivity contribution >= 4 is 37.9 Å². The number of para-hydroxylation sites is 1. The molecule has 2 unspecified atom stereocenters. The van der Waals surface area contributed by atoms with Gasteiger partial charge in [0.05, 0.1) is 5.92 Å².